The van der Waals surface area contributed by atoms with Gasteiger partial charge in [0.1, 0.15) is 23.7 Å². The number of carbonyl (C=O) groups excluding carboxylic acids is 1. The first-order valence-electron chi connectivity index (χ1n) is 9.76. The van der Waals surface area contributed by atoms with Crippen molar-refractivity contribution in [1.29, 1.82) is 0 Å². The summed E-state index contributed by atoms with van der Waals surface area (Å²) in [5.74, 6) is 0.538. The van der Waals surface area contributed by atoms with E-state index in [0.29, 0.717) is 41.4 Å². The summed E-state index contributed by atoms with van der Waals surface area (Å²) in [7, 11) is 1.58. The molecule has 158 valence electrons. The molecular formula is C23H22FN5O2. The molecule has 7 nitrogen and oxygen atoms in total. The number of nitrogens with zero attached hydrogens (tertiary/aromatic N) is 3. The highest BCUT2D eigenvalue weighted by molar-refractivity contribution is 5.93. The maximum Gasteiger partial charge on any atom is 0.248 e. The largest absolute Gasteiger partial charge is 0.496 e. The fraction of sp³-hybridized carbons (Fsp3) is 0.174. The Balaban J connectivity index is 1.50. The lowest BCUT2D eigenvalue weighted by molar-refractivity contribution is 0.100. The van der Waals surface area contributed by atoms with Gasteiger partial charge in [0.25, 0.3) is 0 Å². The molecule has 2 aromatic carbocycles. The molecule has 3 N–H and O–H groups in total. The number of amides is 1. The van der Waals surface area contributed by atoms with Crippen molar-refractivity contribution in [3.05, 3.63) is 71.9 Å². The lowest BCUT2D eigenvalue weighted by Gasteiger charge is -2.12. The number of hydrogen-bond donors (Lipinski definition) is 2. The number of ether oxygens (including phenoxy) is 1. The van der Waals surface area contributed by atoms with Crippen molar-refractivity contribution in [1.82, 2.24) is 14.5 Å². The Kier molecular flexibility index (Phi) is 5.53. The zero-order valence-corrected chi connectivity index (χ0v) is 17.2. The van der Waals surface area contributed by atoms with Gasteiger partial charge in [-0.2, -0.15) is 0 Å². The van der Waals surface area contributed by atoms with Crippen LogP contribution in [0.5, 0.6) is 5.75 Å². The standard InChI is InChI=1S/C23H22FN5O2/c1-14-11-17-20(31-2)8-7-18(24)22(17)29(14)10-9-26-21-12-19(27-13-28-21)15-3-5-16(6-4-15)23(25)30/h3-8,11-13H,9-10H2,1-2H3,(H2,25,30)(H,26,27,28). The van der Waals surface area contributed by atoms with Gasteiger partial charge < -0.3 is 20.4 Å². The quantitative estimate of drug-likeness (QED) is 0.476. The molecule has 8 heteroatoms. The maximum atomic E-state index is 14.5. The normalized spacial score (nSPS) is 10.9. The Morgan fingerprint density at radius 2 is 1.94 bits per heavy atom. The van der Waals surface area contributed by atoms with Crippen molar-refractivity contribution >= 4 is 22.6 Å². The summed E-state index contributed by atoms with van der Waals surface area (Å²) in [4.78, 5) is 19.8. The van der Waals surface area contributed by atoms with Gasteiger partial charge in [0.05, 0.1) is 18.3 Å². The van der Waals surface area contributed by atoms with Crippen molar-refractivity contribution in [3.63, 3.8) is 0 Å². The molecule has 0 aliphatic carbocycles. The van der Waals surface area contributed by atoms with Crippen LogP contribution in [-0.2, 0) is 6.54 Å². The van der Waals surface area contributed by atoms with Crippen molar-refractivity contribution < 1.29 is 13.9 Å². The van der Waals surface area contributed by atoms with Gasteiger partial charge in [-0.3, -0.25) is 4.79 Å². The molecule has 31 heavy (non-hydrogen) atoms. The first kappa shape index (κ1) is 20.3. The summed E-state index contributed by atoms with van der Waals surface area (Å²) >= 11 is 0. The van der Waals surface area contributed by atoms with Crippen molar-refractivity contribution in [3.8, 4) is 17.0 Å². The van der Waals surface area contributed by atoms with E-state index in [-0.39, 0.29) is 5.82 Å². The first-order valence-corrected chi connectivity index (χ1v) is 9.76. The van der Waals surface area contributed by atoms with E-state index >= 15 is 0 Å². The topological polar surface area (TPSA) is 95.1 Å². The molecule has 0 saturated heterocycles. The zero-order chi connectivity index (χ0) is 22.0. The highest BCUT2D eigenvalue weighted by Crippen LogP contribution is 2.30. The summed E-state index contributed by atoms with van der Waals surface area (Å²) < 4.78 is 21.8. The van der Waals surface area contributed by atoms with Gasteiger partial charge in [-0.15, -0.1) is 0 Å². The second-order valence-electron chi connectivity index (χ2n) is 7.11. The Bertz CT molecular complexity index is 1250. The van der Waals surface area contributed by atoms with Gasteiger partial charge in [0, 0.05) is 41.4 Å². The van der Waals surface area contributed by atoms with Crippen LogP contribution in [0, 0.1) is 12.7 Å². The highest BCUT2D eigenvalue weighted by atomic mass is 19.1. The average molecular weight is 419 g/mol. The second kappa shape index (κ2) is 8.43. The molecule has 2 aromatic heterocycles. The number of primary amides is 1. The van der Waals surface area contributed by atoms with Crippen LogP contribution in [0.1, 0.15) is 16.1 Å². The van der Waals surface area contributed by atoms with Crippen LogP contribution in [0.4, 0.5) is 10.2 Å². The average Bonchev–Trinajstić information content (AvgIpc) is 3.11. The minimum Gasteiger partial charge on any atom is -0.496 e. The number of methoxy groups -OCH3 is 1. The minimum atomic E-state index is -0.474. The number of hydrogen-bond acceptors (Lipinski definition) is 5. The molecule has 1 amide bonds. The van der Waals surface area contributed by atoms with Gasteiger partial charge >= 0.3 is 0 Å². The second-order valence-corrected chi connectivity index (χ2v) is 7.11. The molecule has 0 unspecified atom stereocenters. The SMILES string of the molecule is COc1ccc(F)c2c1cc(C)n2CCNc1cc(-c2ccc(C(N)=O)cc2)ncn1. The number of benzene rings is 2. The number of halogens is 1. The van der Waals surface area contributed by atoms with Gasteiger partial charge in [0.15, 0.2) is 0 Å². The van der Waals surface area contributed by atoms with Gasteiger partial charge in [-0.1, -0.05) is 12.1 Å². The molecule has 0 fully saturated rings. The fourth-order valence-electron chi connectivity index (χ4n) is 3.62. The van der Waals surface area contributed by atoms with Crippen LogP contribution in [0.2, 0.25) is 0 Å². The third kappa shape index (κ3) is 4.05. The minimum absolute atomic E-state index is 0.285. The van der Waals surface area contributed by atoms with E-state index in [0.717, 1.165) is 16.6 Å². The summed E-state index contributed by atoms with van der Waals surface area (Å²) in [5.41, 5.74) is 8.75. The fourth-order valence-corrected chi connectivity index (χ4v) is 3.62. The Morgan fingerprint density at radius 3 is 2.65 bits per heavy atom. The molecule has 0 saturated carbocycles. The summed E-state index contributed by atoms with van der Waals surface area (Å²) in [6.07, 6.45) is 1.47. The van der Waals surface area contributed by atoms with Gasteiger partial charge in [-0.05, 0) is 37.3 Å². The van der Waals surface area contributed by atoms with Crippen LogP contribution in [-0.4, -0.2) is 34.1 Å². The number of aromatic nitrogens is 3. The lowest BCUT2D eigenvalue weighted by Crippen LogP contribution is -2.13. The van der Waals surface area contributed by atoms with Crippen LogP contribution in [0.25, 0.3) is 22.2 Å². The molecule has 0 aliphatic rings. The van der Waals surface area contributed by atoms with Crippen LogP contribution < -0.4 is 15.8 Å². The Hall–Kier alpha value is -3.94. The van der Waals surface area contributed by atoms with Crippen LogP contribution in [0.15, 0.2) is 54.9 Å². The predicted molar refractivity (Wildman–Crippen MR) is 118 cm³/mol. The number of nitrogens with two attached hydrogens (primary N) is 1. The number of anilines is 1. The third-order valence-electron chi connectivity index (χ3n) is 5.17. The Labute approximate surface area is 178 Å². The number of nitrogens with one attached hydrogen (secondary N) is 1. The first-order chi connectivity index (χ1) is 15.0. The van der Waals surface area contributed by atoms with E-state index in [4.69, 9.17) is 10.5 Å². The zero-order valence-electron chi connectivity index (χ0n) is 17.2. The van der Waals surface area contributed by atoms with E-state index in [1.807, 2.05) is 23.6 Å². The third-order valence-corrected chi connectivity index (χ3v) is 5.17. The smallest absolute Gasteiger partial charge is 0.248 e. The van der Waals surface area contributed by atoms with E-state index in [9.17, 15) is 9.18 Å². The summed E-state index contributed by atoms with van der Waals surface area (Å²) in [6.45, 7) is 3.03. The predicted octanol–water partition coefficient (Wildman–Crippen LogP) is 3.77. The molecule has 2 heterocycles. The van der Waals surface area contributed by atoms with Crippen molar-refractivity contribution in [2.75, 3.05) is 19.0 Å². The number of carbonyl (C=O) groups is 1. The summed E-state index contributed by atoms with van der Waals surface area (Å²) in [5, 5.41) is 4.02. The highest BCUT2D eigenvalue weighted by Gasteiger charge is 2.14. The molecule has 0 radical (unpaired) electrons. The number of fused-ring (bicyclic) bond motifs is 1. The lowest BCUT2D eigenvalue weighted by atomic mass is 10.1. The molecule has 0 spiro atoms. The van der Waals surface area contributed by atoms with Gasteiger partial charge in [-0.25, -0.2) is 14.4 Å². The van der Waals surface area contributed by atoms with E-state index in [2.05, 4.69) is 15.3 Å². The van der Waals surface area contributed by atoms with E-state index in [1.165, 1.54) is 12.4 Å². The molecule has 0 atom stereocenters. The summed E-state index contributed by atoms with van der Waals surface area (Å²) in [6, 6.07) is 13.7. The van der Waals surface area contributed by atoms with E-state index < -0.39 is 5.91 Å². The van der Waals surface area contributed by atoms with Crippen LogP contribution >= 0.6 is 0 Å². The number of aryl methyl sites for hydroxylation is 1. The van der Waals surface area contributed by atoms with Crippen molar-refractivity contribution in [2.24, 2.45) is 5.73 Å². The molecule has 4 aromatic rings. The molecule has 0 aliphatic heterocycles. The molecule has 4 rings (SSSR count). The number of rotatable bonds is 7. The van der Waals surface area contributed by atoms with Crippen LogP contribution in [0.3, 0.4) is 0 Å². The van der Waals surface area contributed by atoms with Gasteiger partial charge in [0.2, 0.25) is 5.91 Å². The molecular weight excluding hydrogens is 397 g/mol. The maximum absolute atomic E-state index is 14.5. The Morgan fingerprint density at radius 1 is 1.16 bits per heavy atom. The molecule has 0 bridgehead atoms. The monoisotopic (exact) mass is 419 g/mol. The van der Waals surface area contributed by atoms with Crippen molar-refractivity contribution in [2.45, 2.75) is 13.5 Å². The van der Waals surface area contributed by atoms with E-state index in [1.54, 1.807) is 37.4 Å².